The molecule has 98 valence electrons. The minimum absolute atomic E-state index is 0.0846. The van der Waals surface area contributed by atoms with E-state index >= 15 is 0 Å². The molecule has 18 heavy (non-hydrogen) atoms. The Kier molecular flexibility index (Phi) is 5.87. The van der Waals surface area contributed by atoms with Crippen LogP contribution in [0.5, 0.6) is 0 Å². The highest BCUT2D eigenvalue weighted by Crippen LogP contribution is 2.00. The molecule has 0 bridgehead atoms. The van der Waals surface area contributed by atoms with Crippen LogP contribution in [-0.2, 0) is 20.9 Å². The van der Waals surface area contributed by atoms with Crippen molar-refractivity contribution in [2.75, 3.05) is 6.61 Å². The predicted molar refractivity (Wildman–Crippen MR) is 67.5 cm³/mol. The fourth-order valence-corrected chi connectivity index (χ4v) is 1.45. The molecule has 0 fully saturated rings. The maximum absolute atomic E-state index is 11.5. The maximum Gasteiger partial charge on any atom is 0.246 e. The first kappa shape index (κ1) is 14.2. The Bertz CT molecular complexity index is 392. The summed E-state index contributed by atoms with van der Waals surface area (Å²) in [6.45, 7) is 2.06. The molecule has 0 aromatic heterocycles. The number of benzene rings is 1. The zero-order valence-corrected chi connectivity index (χ0v) is 10.4. The lowest BCUT2D eigenvalue weighted by atomic mass is 10.2. The Hall–Kier alpha value is -1.88. The fraction of sp³-hybridized carbons (Fsp3) is 0.385. The summed E-state index contributed by atoms with van der Waals surface area (Å²) < 4.78 is 5.24. The van der Waals surface area contributed by atoms with Crippen molar-refractivity contribution in [3.8, 4) is 0 Å². The SMILES string of the molecule is CC[C@@H](NC(=O)COCc1ccccc1)C(N)=O. The topological polar surface area (TPSA) is 81.4 Å². The lowest BCUT2D eigenvalue weighted by molar-refractivity contribution is -0.130. The van der Waals surface area contributed by atoms with Gasteiger partial charge in [0.1, 0.15) is 12.6 Å². The third-order valence-electron chi connectivity index (χ3n) is 2.43. The molecule has 1 aromatic carbocycles. The number of primary amides is 1. The normalized spacial score (nSPS) is 11.8. The first-order valence-corrected chi connectivity index (χ1v) is 5.83. The van der Waals surface area contributed by atoms with E-state index in [4.69, 9.17) is 10.5 Å². The van der Waals surface area contributed by atoms with Crippen LogP contribution in [0.2, 0.25) is 0 Å². The molecule has 0 radical (unpaired) electrons. The largest absolute Gasteiger partial charge is 0.368 e. The molecule has 0 saturated heterocycles. The number of nitrogens with two attached hydrogens (primary N) is 1. The molecule has 3 N–H and O–H groups in total. The van der Waals surface area contributed by atoms with Crippen LogP contribution in [0.25, 0.3) is 0 Å². The highest BCUT2D eigenvalue weighted by molar-refractivity contribution is 5.86. The average Bonchev–Trinajstić information content (AvgIpc) is 2.37. The van der Waals surface area contributed by atoms with Crippen molar-refractivity contribution in [1.29, 1.82) is 0 Å². The molecule has 0 aliphatic carbocycles. The highest BCUT2D eigenvalue weighted by atomic mass is 16.5. The van der Waals surface area contributed by atoms with Gasteiger partial charge in [0.15, 0.2) is 0 Å². The van der Waals surface area contributed by atoms with Gasteiger partial charge < -0.3 is 15.8 Å². The number of amides is 2. The second kappa shape index (κ2) is 7.45. The van der Waals surface area contributed by atoms with Crippen molar-refractivity contribution in [2.24, 2.45) is 5.73 Å². The second-order valence-electron chi connectivity index (χ2n) is 3.91. The summed E-state index contributed by atoms with van der Waals surface area (Å²) in [5, 5.41) is 2.51. The Morgan fingerprint density at radius 1 is 1.33 bits per heavy atom. The summed E-state index contributed by atoms with van der Waals surface area (Å²) in [4.78, 5) is 22.4. The molecule has 5 nitrogen and oxygen atoms in total. The molecule has 0 aliphatic rings. The maximum atomic E-state index is 11.5. The zero-order valence-electron chi connectivity index (χ0n) is 10.4. The Labute approximate surface area is 106 Å². The van der Waals surface area contributed by atoms with E-state index in [9.17, 15) is 9.59 Å². The quantitative estimate of drug-likeness (QED) is 0.743. The molecular formula is C13H18N2O3. The lowest BCUT2D eigenvalue weighted by Crippen LogP contribution is -2.45. The summed E-state index contributed by atoms with van der Waals surface area (Å²) in [6, 6.07) is 8.91. The number of carbonyl (C=O) groups excluding carboxylic acids is 2. The van der Waals surface area contributed by atoms with Gasteiger partial charge in [-0.3, -0.25) is 9.59 Å². The molecule has 0 aliphatic heterocycles. The first-order valence-electron chi connectivity index (χ1n) is 5.83. The Morgan fingerprint density at radius 3 is 2.56 bits per heavy atom. The third-order valence-corrected chi connectivity index (χ3v) is 2.43. The van der Waals surface area contributed by atoms with Gasteiger partial charge in [-0.15, -0.1) is 0 Å². The minimum atomic E-state index is -0.627. The Balaban J connectivity index is 2.27. The van der Waals surface area contributed by atoms with Crippen LogP contribution in [0, 0.1) is 0 Å². The number of carbonyl (C=O) groups is 2. The summed E-state index contributed by atoms with van der Waals surface area (Å²) in [7, 11) is 0. The van der Waals surface area contributed by atoms with E-state index < -0.39 is 11.9 Å². The number of nitrogens with one attached hydrogen (secondary N) is 1. The van der Waals surface area contributed by atoms with Gasteiger partial charge >= 0.3 is 0 Å². The van der Waals surface area contributed by atoms with Crippen molar-refractivity contribution in [2.45, 2.75) is 26.0 Å². The van der Waals surface area contributed by atoms with Crippen LogP contribution >= 0.6 is 0 Å². The summed E-state index contributed by atoms with van der Waals surface area (Å²) in [5.74, 6) is -0.870. The fourth-order valence-electron chi connectivity index (χ4n) is 1.45. The van der Waals surface area contributed by atoms with Crippen molar-refractivity contribution in [3.63, 3.8) is 0 Å². The van der Waals surface area contributed by atoms with E-state index in [2.05, 4.69) is 5.32 Å². The smallest absolute Gasteiger partial charge is 0.246 e. The highest BCUT2D eigenvalue weighted by Gasteiger charge is 2.15. The van der Waals surface area contributed by atoms with Crippen LogP contribution in [-0.4, -0.2) is 24.5 Å². The number of hydrogen-bond donors (Lipinski definition) is 2. The monoisotopic (exact) mass is 250 g/mol. The molecule has 0 saturated carbocycles. The van der Waals surface area contributed by atoms with E-state index in [0.717, 1.165) is 5.56 Å². The van der Waals surface area contributed by atoms with Crippen LogP contribution in [0.15, 0.2) is 30.3 Å². The van der Waals surface area contributed by atoms with Gasteiger partial charge in [0.05, 0.1) is 6.61 Å². The molecule has 1 atom stereocenters. The number of ether oxygens (including phenoxy) is 1. The van der Waals surface area contributed by atoms with Crippen molar-refractivity contribution < 1.29 is 14.3 Å². The zero-order chi connectivity index (χ0) is 13.4. The minimum Gasteiger partial charge on any atom is -0.368 e. The van der Waals surface area contributed by atoms with Crippen molar-refractivity contribution in [3.05, 3.63) is 35.9 Å². The standard InChI is InChI=1S/C13H18N2O3/c1-2-11(13(14)17)15-12(16)9-18-8-10-6-4-3-5-7-10/h3-7,11H,2,8-9H2,1H3,(H2,14,17)(H,15,16)/t11-/m1/s1. The third kappa shape index (κ3) is 4.97. The van der Waals surface area contributed by atoms with E-state index in [0.29, 0.717) is 13.0 Å². The van der Waals surface area contributed by atoms with E-state index in [1.165, 1.54) is 0 Å². The predicted octanol–water partition coefficient (Wildman–Crippen LogP) is 0.583. The van der Waals surface area contributed by atoms with Crippen molar-refractivity contribution in [1.82, 2.24) is 5.32 Å². The lowest BCUT2D eigenvalue weighted by Gasteiger charge is -2.13. The summed E-state index contributed by atoms with van der Waals surface area (Å²) in [6.07, 6.45) is 0.472. The summed E-state index contributed by atoms with van der Waals surface area (Å²) in [5.41, 5.74) is 6.11. The van der Waals surface area contributed by atoms with Crippen molar-refractivity contribution >= 4 is 11.8 Å². The second-order valence-corrected chi connectivity index (χ2v) is 3.91. The van der Waals surface area contributed by atoms with Crippen LogP contribution in [0.3, 0.4) is 0 Å². The van der Waals surface area contributed by atoms with Gasteiger partial charge in [-0.1, -0.05) is 37.3 Å². The average molecular weight is 250 g/mol. The van der Waals surface area contributed by atoms with E-state index in [1.807, 2.05) is 30.3 Å². The van der Waals surface area contributed by atoms with Gasteiger partial charge in [-0.25, -0.2) is 0 Å². The van der Waals surface area contributed by atoms with Gasteiger partial charge in [0.2, 0.25) is 11.8 Å². The molecule has 1 aromatic rings. The molecule has 1 rings (SSSR count). The van der Waals surface area contributed by atoms with Crippen LogP contribution < -0.4 is 11.1 Å². The van der Waals surface area contributed by atoms with Crippen LogP contribution in [0.1, 0.15) is 18.9 Å². The first-order chi connectivity index (χ1) is 8.63. The Morgan fingerprint density at radius 2 is 2.00 bits per heavy atom. The van der Waals surface area contributed by atoms with Gasteiger partial charge in [0.25, 0.3) is 0 Å². The molecular weight excluding hydrogens is 232 g/mol. The van der Waals surface area contributed by atoms with Gasteiger partial charge in [-0.05, 0) is 12.0 Å². The number of rotatable bonds is 7. The van der Waals surface area contributed by atoms with E-state index in [1.54, 1.807) is 6.92 Å². The number of hydrogen-bond acceptors (Lipinski definition) is 3. The molecule has 5 heteroatoms. The molecule has 0 unspecified atom stereocenters. The summed E-state index contributed by atoms with van der Waals surface area (Å²) >= 11 is 0. The molecule has 2 amide bonds. The molecule has 0 heterocycles. The van der Waals surface area contributed by atoms with Gasteiger partial charge in [-0.2, -0.15) is 0 Å². The van der Waals surface area contributed by atoms with E-state index in [-0.39, 0.29) is 12.5 Å². The van der Waals surface area contributed by atoms with Gasteiger partial charge in [0, 0.05) is 0 Å². The van der Waals surface area contributed by atoms with Crippen LogP contribution in [0.4, 0.5) is 0 Å². The molecule has 0 spiro atoms.